The molecule has 0 radical (unpaired) electrons. The van der Waals surface area contributed by atoms with E-state index in [9.17, 15) is 14.0 Å². The molecular weight excluding hydrogens is 319 g/mol. The van der Waals surface area contributed by atoms with Gasteiger partial charge in [0.25, 0.3) is 0 Å². The van der Waals surface area contributed by atoms with Gasteiger partial charge >= 0.3 is 5.97 Å². The van der Waals surface area contributed by atoms with Crippen LogP contribution in [0.4, 0.5) is 4.39 Å². The molecule has 1 atom stereocenters. The van der Waals surface area contributed by atoms with Crippen molar-refractivity contribution in [3.63, 3.8) is 0 Å². The molecule has 2 aromatic rings. The van der Waals surface area contributed by atoms with Gasteiger partial charge in [0.2, 0.25) is 5.78 Å². The lowest BCUT2D eigenvalue weighted by Crippen LogP contribution is -2.25. The van der Waals surface area contributed by atoms with Crippen molar-refractivity contribution in [1.82, 2.24) is 0 Å². The highest BCUT2D eigenvalue weighted by molar-refractivity contribution is 6.30. The summed E-state index contributed by atoms with van der Waals surface area (Å²) in [5.74, 6) is -2.02. The van der Waals surface area contributed by atoms with Crippen molar-refractivity contribution in [2.24, 2.45) is 0 Å². The van der Waals surface area contributed by atoms with Gasteiger partial charge in [0, 0.05) is 10.6 Å². The Kier molecular flexibility index (Phi) is 5.16. The maximum Gasteiger partial charge on any atom is 0.341 e. The summed E-state index contributed by atoms with van der Waals surface area (Å²) in [6, 6.07) is 8.89. The number of halogens is 2. The second kappa shape index (κ2) is 6.92. The molecule has 0 bridgehead atoms. The van der Waals surface area contributed by atoms with Crippen LogP contribution in [-0.4, -0.2) is 17.9 Å². The predicted octanol–water partition coefficient (Wildman–Crippen LogP) is 4.52. The first kappa shape index (κ1) is 17.2. The zero-order valence-corrected chi connectivity index (χ0v) is 13.8. The number of benzene rings is 2. The van der Waals surface area contributed by atoms with Gasteiger partial charge < -0.3 is 4.74 Å². The Morgan fingerprint density at radius 1 is 1.09 bits per heavy atom. The molecule has 0 fully saturated rings. The Hall–Kier alpha value is -2.20. The standard InChI is InChI=1S/C18H16ClFO3/c1-10-4-5-13(8-11(10)2)17(21)12(3)23-18(22)15-7-6-14(19)9-16(15)20/h4-9,12H,1-3H3/t12-/m1/s1. The Morgan fingerprint density at radius 2 is 1.78 bits per heavy atom. The summed E-state index contributed by atoms with van der Waals surface area (Å²) in [6.45, 7) is 5.30. The summed E-state index contributed by atoms with van der Waals surface area (Å²) in [4.78, 5) is 24.3. The summed E-state index contributed by atoms with van der Waals surface area (Å²) < 4.78 is 18.8. The van der Waals surface area contributed by atoms with Crippen LogP contribution in [0.15, 0.2) is 36.4 Å². The molecule has 0 aromatic heterocycles. The fourth-order valence-electron chi connectivity index (χ4n) is 2.06. The zero-order valence-electron chi connectivity index (χ0n) is 13.0. The van der Waals surface area contributed by atoms with Crippen molar-refractivity contribution in [3.8, 4) is 0 Å². The van der Waals surface area contributed by atoms with Gasteiger partial charge in [-0.05, 0) is 56.2 Å². The number of esters is 1. The molecule has 0 aliphatic carbocycles. The van der Waals surface area contributed by atoms with Crippen molar-refractivity contribution in [2.45, 2.75) is 26.9 Å². The third kappa shape index (κ3) is 3.96. The number of aryl methyl sites for hydroxylation is 2. The van der Waals surface area contributed by atoms with Crippen LogP contribution >= 0.6 is 11.6 Å². The van der Waals surface area contributed by atoms with Gasteiger partial charge in [-0.15, -0.1) is 0 Å². The average molecular weight is 335 g/mol. The quantitative estimate of drug-likeness (QED) is 0.609. The van der Waals surface area contributed by atoms with Crippen molar-refractivity contribution >= 4 is 23.4 Å². The van der Waals surface area contributed by atoms with Crippen LogP contribution in [0.2, 0.25) is 5.02 Å². The summed E-state index contributed by atoms with van der Waals surface area (Å²) in [6.07, 6.45) is -1.01. The van der Waals surface area contributed by atoms with E-state index in [1.165, 1.54) is 19.1 Å². The van der Waals surface area contributed by atoms with Crippen LogP contribution < -0.4 is 0 Å². The molecule has 0 saturated heterocycles. The lowest BCUT2D eigenvalue weighted by Gasteiger charge is -2.13. The van der Waals surface area contributed by atoms with Gasteiger partial charge in [-0.1, -0.05) is 23.7 Å². The number of carbonyl (C=O) groups excluding carboxylic acids is 2. The fourth-order valence-corrected chi connectivity index (χ4v) is 2.22. The molecule has 0 amide bonds. The van der Waals surface area contributed by atoms with Gasteiger partial charge in [-0.2, -0.15) is 0 Å². The van der Waals surface area contributed by atoms with E-state index in [2.05, 4.69) is 0 Å². The molecule has 2 rings (SSSR count). The van der Waals surface area contributed by atoms with Gasteiger partial charge in [-0.25, -0.2) is 9.18 Å². The first-order chi connectivity index (χ1) is 10.8. The minimum atomic E-state index is -1.01. The monoisotopic (exact) mass is 334 g/mol. The number of rotatable bonds is 4. The highest BCUT2D eigenvalue weighted by Gasteiger charge is 2.22. The highest BCUT2D eigenvalue weighted by Crippen LogP contribution is 2.17. The van der Waals surface area contributed by atoms with Crippen molar-refractivity contribution < 1.29 is 18.7 Å². The second-order valence-electron chi connectivity index (χ2n) is 5.33. The molecule has 0 heterocycles. The number of ether oxygens (including phenoxy) is 1. The molecule has 120 valence electrons. The molecule has 0 aliphatic heterocycles. The van der Waals surface area contributed by atoms with Crippen LogP contribution in [0.25, 0.3) is 0 Å². The first-order valence-electron chi connectivity index (χ1n) is 7.07. The predicted molar refractivity (Wildman–Crippen MR) is 86.5 cm³/mol. The van der Waals surface area contributed by atoms with E-state index in [1.54, 1.807) is 12.1 Å². The van der Waals surface area contributed by atoms with Crippen molar-refractivity contribution in [3.05, 3.63) is 69.5 Å². The van der Waals surface area contributed by atoms with E-state index in [-0.39, 0.29) is 16.4 Å². The maximum absolute atomic E-state index is 13.7. The molecule has 0 spiro atoms. The Morgan fingerprint density at radius 3 is 2.39 bits per heavy atom. The number of carbonyl (C=O) groups is 2. The summed E-state index contributed by atoms with van der Waals surface area (Å²) in [7, 11) is 0. The van der Waals surface area contributed by atoms with Gasteiger partial charge in [0.15, 0.2) is 6.10 Å². The fraction of sp³-hybridized carbons (Fsp3) is 0.222. The number of Topliss-reactive ketones (excluding diaryl/α,β-unsaturated/α-hetero) is 1. The number of hydrogen-bond donors (Lipinski definition) is 0. The highest BCUT2D eigenvalue weighted by atomic mass is 35.5. The van der Waals surface area contributed by atoms with Crippen molar-refractivity contribution in [1.29, 1.82) is 0 Å². The van der Waals surface area contributed by atoms with E-state index in [0.29, 0.717) is 5.56 Å². The average Bonchev–Trinajstić information content (AvgIpc) is 2.49. The van der Waals surface area contributed by atoms with Crippen molar-refractivity contribution in [2.75, 3.05) is 0 Å². The third-order valence-electron chi connectivity index (χ3n) is 3.60. The maximum atomic E-state index is 13.7. The van der Waals surface area contributed by atoms with Gasteiger partial charge in [-0.3, -0.25) is 4.79 Å². The molecule has 2 aromatic carbocycles. The number of ketones is 1. The van der Waals surface area contributed by atoms with Crippen LogP contribution in [0.5, 0.6) is 0 Å². The smallest absolute Gasteiger partial charge is 0.341 e. The molecule has 0 aliphatic rings. The summed E-state index contributed by atoms with van der Waals surface area (Å²) in [5.41, 5.74) is 2.23. The van der Waals surface area contributed by atoms with E-state index >= 15 is 0 Å². The topological polar surface area (TPSA) is 43.4 Å². The SMILES string of the molecule is Cc1ccc(C(=O)[C@@H](C)OC(=O)c2ccc(Cl)cc2F)cc1C. The van der Waals surface area contributed by atoms with E-state index in [1.807, 2.05) is 19.9 Å². The molecule has 3 nitrogen and oxygen atoms in total. The Bertz CT molecular complexity index is 771. The van der Waals surface area contributed by atoms with Crippen LogP contribution in [0, 0.1) is 19.7 Å². The summed E-state index contributed by atoms with van der Waals surface area (Å²) in [5, 5.41) is 0.179. The lowest BCUT2D eigenvalue weighted by molar-refractivity contribution is 0.0314. The molecule has 0 N–H and O–H groups in total. The van der Waals surface area contributed by atoms with Gasteiger partial charge in [0.05, 0.1) is 5.56 Å². The molecule has 0 saturated carbocycles. The largest absolute Gasteiger partial charge is 0.451 e. The molecule has 0 unspecified atom stereocenters. The number of hydrogen-bond acceptors (Lipinski definition) is 3. The van der Waals surface area contributed by atoms with Crippen LogP contribution in [-0.2, 0) is 4.74 Å². The Labute approximate surface area is 139 Å². The second-order valence-corrected chi connectivity index (χ2v) is 5.77. The van der Waals surface area contributed by atoms with E-state index in [0.717, 1.165) is 17.2 Å². The Balaban J connectivity index is 2.14. The van der Waals surface area contributed by atoms with E-state index in [4.69, 9.17) is 16.3 Å². The van der Waals surface area contributed by atoms with E-state index < -0.39 is 17.9 Å². The normalized spacial score (nSPS) is 11.9. The minimum Gasteiger partial charge on any atom is -0.451 e. The lowest BCUT2D eigenvalue weighted by atomic mass is 10.0. The summed E-state index contributed by atoms with van der Waals surface area (Å²) >= 11 is 5.64. The zero-order chi connectivity index (χ0) is 17.1. The molecule has 23 heavy (non-hydrogen) atoms. The van der Waals surface area contributed by atoms with Gasteiger partial charge in [0.1, 0.15) is 5.82 Å². The minimum absolute atomic E-state index is 0.179. The van der Waals surface area contributed by atoms with Crippen LogP contribution in [0.1, 0.15) is 38.8 Å². The molecule has 5 heteroatoms. The van der Waals surface area contributed by atoms with Crippen LogP contribution in [0.3, 0.4) is 0 Å². The first-order valence-corrected chi connectivity index (χ1v) is 7.45. The molecular formula is C18H16ClFO3. The third-order valence-corrected chi connectivity index (χ3v) is 3.83.